The van der Waals surface area contributed by atoms with E-state index in [0.717, 1.165) is 17.0 Å². The molecule has 0 aliphatic carbocycles. The quantitative estimate of drug-likeness (QED) is 0.763. The minimum atomic E-state index is -0.993. The molecular weight excluding hydrogens is 292 g/mol. The Bertz CT molecular complexity index is 480. The van der Waals surface area contributed by atoms with E-state index < -0.39 is 12.0 Å². The smallest absolute Gasteiger partial charge is 0.326 e. The number of carbonyl (C=O) groups is 2. The maximum Gasteiger partial charge on any atom is 0.326 e. The number of carboxylic acids is 1. The fourth-order valence-electron chi connectivity index (χ4n) is 1.88. The summed E-state index contributed by atoms with van der Waals surface area (Å²) in [7, 11) is 0. The van der Waals surface area contributed by atoms with Crippen LogP contribution in [0.2, 0.25) is 0 Å². The maximum absolute atomic E-state index is 11.8. The van der Waals surface area contributed by atoms with Crippen molar-refractivity contribution in [3.63, 3.8) is 0 Å². The predicted molar refractivity (Wildman–Crippen MR) is 81.2 cm³/mol. The van der Waals surface area contributed by atoms with Crippen LogP contribution in [0.15, 0.2) is 4.52 Å². The van der Waals surface area contributed by atoms with Gasteiger partial charge in [-0.15, -0.1) is 11.8 Å². The molecule has 1 atom stereocenters. The zero-order valence-corrected chi connectivity index (χ0v) is 13.6. The van der Waals surface area contributed by atoms with Crippen molar-refractivity contribution in [1.82, 2.24) is 10.5 Å². The van der Waals surface area contributed by atoms with E-state index in [1.807, 2.05) is 27.7 Å². The van der Waals surface area contributed by atoms with Gasteiger partial charge in [0.25, 0.3) is 0 Å². The Morgan fingerprint density at radius 3 is 2.52 bits per heavy atom. The molecule has 2 N–H and O–H groups in total. The highest BCUT2D eigenvalue weighted by Crippen LogP contribution is 2.19. The van der Waals surface area contributed by atoms with Crippen LogP contribution in [0.1, 0.15) is 37.3 Å². The molecule has 0 saturated heterocycles. The highest BCUT2D eigenvalue weighted by atomic mass is 32.2. The van der Waals surface area contributed by atoms with Crippen LogP contribution < -0.4 is 5.32 Å². The number of nitrogens with one attached hydrogen (secondary N) is 1. The minimum Gasteiger partial charge on any atom is -0.480 e. The molecule has 0 aliphatic rings. The van der Waals surface area contributed by atoms with Gasteiger partial charge in [-0.2, -0.15) is 0 Å². The van der Waals surface area contributed by atoms with E-state index in [-0.39, 0.29) is 17.6 Å². The summed E-state index contributed by atoms with van der Waals surface area (Å²) >= 11 is 1.42. The molecular formula is C14H22N2O4S. The number of aliphatic carboxylic acids is 1. The second-order valence-corrected chi connectivity index (χ2v) is 6.37. The van der Waals surface area contributed by atoms with Gasteiger partial charge < -0.3 is 14.9 Å². The first kappa shape index (κ1) is 17.6. The molecule has 1 rings (SSSR count). The van der Waals surface area contributed by atoms with Crippen molar-refractivity contribution in [3.05, 3.63) is 17.0 Å². The molecule has 0 spiro atoms. The highest BCUT2D eigenvalue weighted by molar-refractivity contribution is 7.99. The van der Waals surface area contributed by atoms with Gasteiger partial charge in [0.2, 0.25) is 5.91 Å². The zero-order chi connectivity index (χ0) is 16.0. The Morgan fingerprint density at radius 2 is 2.05 bits per heavy atom. The summed E-state index contributed by atoms with van der Waals surface area (Å²) in [6.45, 7) is 7.54. The van der Waals surface area contributed by atoms with Crippen LogP contribution in [0.4, 0.5) is 0 Å². The number of rotatable bonds is 8. The van der Waals surface area contributed by atoms with Crippen molar-refractivity contribution in [1.29, 1.82) is 0 Å². The molecule has 1 heterocycles. The van der Waals surface area contributed by atoms with E-state index in [1.54, 1.807) is 0 Å². The van der Waals surface area contributed by atoms with E-state index in [1.165, 1.54) is 11.8 Å². The van der Waals surface area contributed by atoms with Crippen LogP contribution in [0.3, 0.4) is 0 Å². The normalized spacial score (nSPS) is 12.4. The lowest BCUT2D eigenvalue weighted by molar-refractivity contribution is -0.141. The Hall–Kier alpha value is -1.50. The van der Waals surface area contributed by atoms with Crippen LogP contribution in [-0.4, -0.2) is 33.9 Å². The number of nitrogens with zero attached hydrogens (tertiary/aromatic N) is 1. The van der Waals surface area contributed by atoms with E-state index in [0.29, 0.717) is 12.2 Å². The fourth-order valence-corrected chi connectivity index (χ4v) is 2.87. The molecule has 0 radical (unpaired) electrons. The lowest BCUT2D eigenvalue weighted by atomic mass is 10.0. The predicted octanol–water partition coefficient (Wildman–Crippen LogP) is 2.14. The van der Waals surface area contributed by atoms with Gasteiger partial charge in [0.05, 0.1) is 11.4 Å². The number of aryl methyl sites for hydroxylation is 2. The number of carboxylic acid groups (broad SMARTS) is 1. The molecule has 1 aromatic heterocycles. The molecule has 1 aromatic rings. The summed E-state index contributed by atoms with van der Waals surface area (Å²) in [6, 6.07) is -0.822. The van der Waals surface area contributed by atoms with Crippen LogP contribution in [-0.2, 0) is 15.3 Å². The van der Waals surface area contributed by atoms with Crippen LogP contribution in [0.5, 0.6) is 0 Å². The van der Waals surface area contributed by atoms with Gasteiger partial charge in [0.15, 0.2) is 0 Å². The van der Waals surface area contributed by atoms with Crippen molar-refractivity contribution >= 4 is 23.6 Å². The zero-order valence-electron chi connectivity index (χ0n) is 12.8. The van der Waals surface area contributed by atoms with Gasteiger partial charge in [-0.25, -0.2) is 4.79 Å². The van der Waals surface area contributed by atoms with Crippen molar-refractivity contribution in [3.8, 4) is 0 Å². The first-order valence-corrected chi connectivity index (χ1v) is 7.98. The number of amides is 1. The fraction of sp³-hybridized carbons (Fsp3) is 0.643. The summed E-state index contributed by atoms with van der Waals surface area (Å²) in [5.41, 5.74) is 1.81. The van der Waals surface area contributed by atoms with E-state index in [9.17, 15) is 9.59 Å². The first-order chi connectivity index (χ1) is 9.81. The molecule has 0 unspecified atom stereocenters. The standard InChI is InChI=1S/C14H22N2O4S/c1-8(2)5-12(14(18)19)15-13(17)7-21-6-11-9(3)16-20-10(11)4/h8,12H,5-7H2,1-4H3,(H,15,17)(H,18,19)/t12-/m0/s1. The Morgan fingerprint density at radius 1 is 1.38 bits per heavy atom. The third-order valence-electron chi connectivity index (χ3n) is 3.00. The molecule has 0 saturated carbocycles. The third-order valence-corrected chi connectivity index (χ3v) is 3.96. The van der Waals surface area contributed by atoms with Gasteiger partial charge in [0.1, 0.15) is 11.8 Å². The molecule has 21 heavy (non-hydrogen) atoms. The van der Waals surface area contributed by atoms with E-state index in [4.69, 9.17) is 9.63 Å². The van der Waals surface area contributed by atoms with Crippen LogP contribution >= 0.6 is 11.8 Å². The molecule has 0 aliphatic heterocycles. The van der Waals surface area contributed by atoms with Crippen molar-refractivity contribution in [2.75, 3.05) is 5.75 Å². The SMILES string of the molecule is Cc1noc(C)c1CSCC(=O)N[C@@H](CC(C)C)C(=O)O. The van der Waals surface area contributed by atoms with E-state index >= 15 is 0 Å². The summed E-state index contributed by atoms with van der Waals surface area (Å²) < 4.78 is 5.05. The summed E-state index contributed by atoms with van der Waals surface area (Å²) in [5, 5.41) is 15.5. The van der Waals surface area contributed by atoms with Crippen LogP contribution in [0, 0.1) is 19.8 Å². The van der Waals surface area contributed by atoms with Gasteiger partial charge in [-0.1, -0.05) is 19.0 Å². The summed E-state index contributed by atoms with van der Waals surface area (Å²) in [5.74, 6) is 0.542. The summed E-state index contributed by atoms with van der Waals surface area (Å²) in [6.07, 6.45) is 0.426. The molecule has 1 amide bonds. The number of aromatic nitrogens is 1. The third kappa shape index (κ3) is 5.79. The van der Waals surface area contributed by atoms with Crippen LogP contribution in [0.25, 0.3) is 0 Å². The average Bonchev–Trinajstić information content (AvgIpc) is 2.69. The van der Waals surface area contributed by atoms with Gasteiger partial charge in [0, 0.05) is 11.3 Å². The second-order valence-electron chi connectivity index (χ2n) is 5.38. The summed E-state index contributed by atoms with van der Waals surface area (Å²) in [4.78, 5) is 22.9. The number of carbonyl (C=O) groups excluding carboxylic acids is 1. The molecule has 0 fully saturated rings. The molecule has 118 valence electrons. The molecule has 0 bridgehead atoms. The molecule has 6 nitrogen and oxygen atoms in total. The van der Waals surface area contributed by atoms with Crippen molar-refractivity contribution < 1.29 is 19.2 Å². The van der Waals surface area contributed by atoms with Crippen molar-refractivity contribution in [2.45, 2.75) is 45.9 Å². The first-order valence-electron chi connectivity index (χ1n) is 6.83. The lowest BCUT2D eigenvalue weighted by Crippen LogP contribution is -2.42. The topological polar surface area (TPSA) is 92.4 Å². The van der Waals surface area contributed by atoms with Gasteiger partial charge >= 0.3 is 5.97 Å². The Balaban J connectivity index is 2.41. The maximum atomic E-state index is 11.8. The number of hydrogen-bond donors (Lipinski definition) is 2. The van der Waals surface area contributed by atoms with Crippen molar-refractivity contribution in [2.24, 2.45) is 5.92 Å². The molecule has 0 aromatic carbocycles. The second kappa shape index (κ2) is 8.07. The Labute approximate surface area is 128 Å². The number of hydrogen-bond acceptors (Lipinski definition) is 5. The molecule has 7 heteroatoms. The minimum absolute atomic E-state index is 0.210. The largest absolute Gasteiger partial charge is 0.480 e. The monoisotopic (exact) mass is 314 g/mol. The van der Waals surface area contributed by atoms with E-state index in [2.05, 4.69) is 10.5 Å². The Kier molecular flexibility index (Phi) is 6.74. The van der Waals surface area contributed by atoms with Gasteiger partial charge in [-0.05, 0) is 26.2 Å². The highest BCUT2D eigenvalue weighted by Gasteiger charge is 2.21. The number of thioether (sulfide) groups is 1. The lowest BCUT2D eigenvalue weighted by Gasteiger charge is -2.16. The average molecular weight is 314 g/mol. The van der Waals surface area contributed by atoms with Gasteiger partial charge in [-0.3, -0.25) is 4.79 Å².